The van der Waals surface area contributed by atoms with E-state index in [-0.39, 0.29) is 18.2 Å². The summed E-state index contributed by atoms with van der Waals surface area (Å²) in [5, 5.41) is 16.2. The number of aromatic nitrogens is 2. The summed E-state index contributed by atoms with van der Waals surface area (Å²) < 4.78 is 6.65. The fourth-order valence-electron chi connectivity index (χ4n) is 2.23. The number of hydrogen-bond donors (Lipinski definition) is 2. The Kier molecular flexibility index (Phi) is 3.38. The van der Waals surface area contributed by atoms with Crippen molar-refractivity contribution >= 4 is 17.6 Å². The van der Waals surface area contributed by atoms with Crippen LogP contribution in [0.3, 0.4) is 0 Å². The molecule has 2 N–H and O–H groups in total. The van der Waals surface area contributed by atoms with Crippen molar-refractivity contribution in [2.24, 2.45) is 0 Å². The zero-order chi connectivity index (χ0) is 15.7. The normalized spacial score (nSPS) is 13.0. The van der Waals surface area contributed by atoms with Crippen LogP contribution in [0.25, 0.3) is 11.3 Å². The van der Waals surface area contributed by atoms with E-state index in [4.69, 9.17) is 4.74 Å². The van der Waals surface area contributed by atoms with Gasteiger partial charge in [0.2, 0.25) is 0 Å². The zero-order valence-electron chi connectivity index (χ0n) is 11.6. The van der Waals surface area contributed by atoms with Crippen molar-refractivity contribution in [1.29, 1.82) is 0 Å². The molecule has 1 aromatic carbocycles. The molecule has 1 aliphatic heterocycles. The van der Waals surface area contributed by atoms with Gasteiger partial charge in [-0.2, -0.15) is 5.10 Å². The number of anilines is 1. The van der Waals surface area contributed by atoms with Gasteiger partial charge in [0.25, 0.3) is 5.91 Å². The predicted octanol–water partition coefficient (Wildman–Crippen LogP) is 1.77. The topological polar surface area (TPSA) is 93.5 Å². The van der Waals surface area contributed by atoms with Gasteiger partial charge in [0.15, 0.2) is 6.61 Å². The van der Waals surface area contributed by atoms with Crippen molar-refractivity contribution in [2.45, 2.75) is 6.54 Å². The molecule has 22 heavy (non-hydrogen) atoms. The van der Waals surface area contributed by atoms with Gasteiger partial charge in [0.1, 0.15) is 11.4 Å². The van der Waals surface area contributed by atoms with E-state index in [1.807, 2.05) is 0 Å². The molecule has 1 aliphatic rings. The monoisotopic (exact) mass is 299 g/mol. The third kappa shape index (κ3) is 2.44. The summed E-state index contributed by atoms with van der Waals surface area (Å²) in [6.07, 6.45) is 1.57. The molecule has 0 saturated carbocycles. The number of hydrogen-bond acceptors (Lipinski definition) is 4. The number of nitrogens with one attached hydrogen (secondary N) is 1. The van der Waals surface area contributed by atoms with E-state index in [2.05, 4.69) is 17.0 Å². The van der Waals surface area contributed by atoms with Gasteiger partial charge in [-0.1, -0.05) is 6.08 Å². The molecule has 0 fully saturated rings. The maximum atomic E-state index is 11.4. The minimum atomic E-state index is -1.06. The zero-order valence-corrected chi connectivity index (χ0v) is 11.6. The van der Waals surface area contributed by atoms with E-state index in [1.165, 1.54) is 10.7 Å². The van der Waals surface area contributed by atoms with Crippen LogP contribution < -0.4 is 10.1 Å². The van der Waals surface area contributed by atoms with Gasteiger partial charge in [0, 0.05) is 5.56 Å². The summed E-state index contributed by atoms with van der Waals surface area (Å²) in [6, 6.07) is 6.68. The number of carboxylic acids is 1. The molecule has 1 amide bonds. The first-order chi connectivity index (χ1) is 10.6. The molecule has 1 aromatic heterocycles. The SMILES string of the molecule is C=CCn1nc(-c2ccc3c(c2)NC(=O)CO3)cc1C(=O)O. The lowest BCUT2D eigenvalue weighted by atomic mass is 10.1. The molecule has 0 atom stereocenters. The molecule has 2 aromatic rings. The summed E-state index contributed by atoms with van der Waals surface area (Å²) in [5.74, 6) is -0.712. The summed E-state index contributed by atoms with van der Waals surface area (Å²) >= 11 is 0. The van der Waals surface area contributed by atoms with Crippen LogP contribution in [-0.4, -0.2) is 33.4 Å². The molecule has 0 bridgehead atoms. The lowest BCUT2D eigenvalue weighted by Gasteiger charge is -2.18. The number of carbonyl (C=O) groups is 2. The molecule has 0 aliphatic carbocycles. The average Bonchev–Trinajstić information content (AvgIpc) is 2.91. The summed E-state index contributed by atoms with van der Waals surface area (Å²) in [7, 11) is 0. The van der Waals surface area contributed by atoms with Crippen LogP contribution in [-0.2, 0) is 11.3 Å². The fourth-order valence-corrected chi connectivity index (χ4v) is 2.23. The second-order valence-electron chi connectivity index (χ2n) is 4.74. The maximum absolute atomic E-state index is 11.4. The van der Waals surface area contributed by atoms with Crippen LogP contribution in [0.2, 0.25) is 0 Å². The number of rotatable bonds is 4. The Morgan fingerprint density at radius 3 is 3.05 bits per heavy atom. The molecular weight excluding hydrogens is 286 g/mol. The van der Waals surface area contributed by atoms with Crippen molar-refractivity contribution in [3.8, 4) is 17.0 Å². The first-order valence-electron chi connectivity index (χ1n) is 6.57. The first kappa shape index (κ1) is 13.9. The van der Waals surface area contributed by atoms with Gasteiger partial charge in [-0.15, -0.1) is 6.58 Å². The smallest absolute Gasteiger partial charge is 0.354 e. The number of fused-ring (bicyclic) bond motifs is 1. The predicted molar refractivity (Wildman–Crippen MR) is 78.9 cm³/mol. The van der Waals surface area contributed by atoms with Crippen molar-refractivity contribution in [1.82, 2.24) is 9.78 Å². The standard InChI is InChI=1S/C15H13N3O4/c1-2-5-18-12(15(20)21)7-10(17-18)9-3-4-13-11(6-9)16-14(19)8-22-13/h2-4,6-7H,1,5,8H2,(H,16,19)(H,20,21). The number of nitrogens with zero attached hydrogens (tertiary/aromatic N) is 2. The van der Waals surface area contributed by atoms with E-state index in [0.29, 0.717) is 29.2 Å². The first-order valence-corrected chi connectivity index (χ1v) is 6.57. The van der Waals surface area contributed by atoms with Crippen LogP contribution in [0, 0.1) is 0 Å². The van der Waals surface area contributed by atoms with E-state index >= 15 is 0 Å². The summed E-state index contributed by atoms with van der Waals surface area (Å²) in [5.41, 5.74) is 1.81. The highest BCUT2D eigenvalue weighted by molar-refractivity contribution is 5.96. The maximum Gasteiger partial charge on any atom is 0.354 e. The molecular formula is C15H13N3O4. The van der Waals surface area contributed by atoms with Crippen LogP contribution in [0.1, 0.15) is 10.5 Å². The molecule has 7 heteroatoms. The summed E-state index contributed by atoms with van der Waals surface area (Å²) in [6.45, 7) is 3.87. The van der Waals surface area contributed by atoms with E-state index in [9.17, 15) is 14.7 Å². The fraction of sp³-hybridized carbons (Fsp3) is 0.133. The molecule has 0 unspecified atom stereocenters. The van der Waals surface area contributed by atoms with E-state index < -0.39 is 5.97 Å². The Labute approximate surface area is 125 Å². The molecule has 0 saturated heterocycles. The Balaban J connectivity index is 2.02. The van der Waals surface area contributed by atoms with Crippen molar-refractivity contribution in [2.75, 3.05) is 11.9 Å². The third-order valence-corrected chi connectivity index (χ3v) is 3.21. The lowest BCUT2D eigenvalue weighted by molar-refractivity contribution is -0.118. The molecule has 7 nitrogen and oxygen atoms in total. The van der Waals surface area contributed by atoms with Crippen LogP contribution >= 0.6 is 0 Å². The lowest BCUT2D eigenvalue weighted by Crippen LogP contribution is -2.25. The highest BCUT2D eigenvalue weighted by Gasteiger charge is 2.19. The highest BCUT2D eigenvalue weighted by atomic mass is 16.5. The quantitative estimate of drug-likeness (QED) is 0.839. The molecule has 2 heterocycles. The number of aromatic carboxylic acids is 1. The Morgan fingerprint density at radius 1 is 1.50 bits per heavy atom. The minimum Gasteiger partial charge on any atom is -0.482 e. The van der Waals surface area contributed by atoms with Gasteiger partial charge >= 0.3 is 5.97 Å². The van der Waals surface area contributed by atoms with Crippen LogP contribution in [0.4, 0.5) is 5.69 Å². The van der Waals surface area contributed by atoms with Crippen LogP contribution in [0.15, 0.2) is 36.9 Å². The van der Waals surface area contributed by atoms with Gasteiger partial charge in [0.05, 0.1) is 17.9 Å². The Bertz CT molecular complexity index is 779. The molecule has 3 rings (SSSR count). The highest BCUT2D eigenvalue weighted by Crippen LogP contribution is 2.32. The van der Waals surface area contributed by atoms with E-state index in [1.54, 1.807) is 24.3 Å². The van der Waals surface area contributed by atoms with Gasteiger partial charge < -0.3 is 15.2 Å². The number of allylic oxidation sites excluding steroid dienone is 1. The molecule has 0 radical (unpaired) electrons. The number of amides is 1. The minimum absolute atomic E-state index is 0.0104. The second kappa shape index (κ2) is 5.36. The van der Waals surface area contributed by atoms with Crippen molar-refractivity contribution in [3.05, 3.63) is 42.6 Å². The molecule has 0 spiro atoms. The average molecular weight is 299 g/mol. The Hall–Kier alpha value is -3.09. The Morgan fingerprint density at radius 2 is 2.32 bits per heavy atom. The van der Waals surface area contributed by atoms with Crippen molar-refractivity contribution in [3.63, 3.8) is 0 Å². The van der Waals surface area contributed by atoms with Gasteiger partial charge in [-0.3, -0.25) is 9.48 Å². The third-order valence-electron chi connectivity index (χ3n) is 3.21. The number of benzene rings is 1. The van der Waals surface area contributed by atoms with Crippen LogP contribution in [0.5, 0.6) is 5.75 Å². The summed E-state index contributed by atoms with van der Waals surface area (Å²) in [4.78, 5) is 22.6. The van der Waals surface area contributed by atoms with Crippen molar-refractivity contribution < 1.29 is 19.4 Å². The number of ether oxygens (including phenoxy) is 1. The second-order valence-corrected chi connectivity index (χ2v) is 4.74. The number of carbonyl (C=O) groups excluding carboxylic acids is 1. The molecule has 112 valence electrons. The van der Waals surface area contributed by atoms with E-state index in [0.717, 1.165) is 0 Å². The van der Waals surface area contributed by atoms with Gasteiger partial charge in [-0.25, -0.2) is 4.79 Å². The number of carboxylic acid groups (broad SMARTS) is 1. The van der Waals surface area contributed by atoms with Gasteiger partial charge in [-0.05, 0) is 24.3 Å². The largest absolute Gasteiger partial charge is 0.482 e.